The molecule has 122 valence electrons. The van der Waals surface area contributed by atoms with Crippen LogP contribution in [0.15, 0.2) is 0 Å². The monoisotopic (exact) mass is 310 g/mol. The second-order valence-electron chi connectivity index (χ2n) is 6.40. The van der Waals surface area contributed by atoms with Crippen LogP contribution in [0, 0.1) is 5.92 Å². The molecule has 0 bridgehead atoms. The summed E-state index contributed by atoms with van der Waals surface area (Å²) in [5.41, 5.74) is -2.15. The van der Waals surface area contributed by atoms with E-state index in [0.717, 1.165) is 0 Å². The van der Waals surface area contributed by atoms with Crippen molar-refractivity contribution in [2.45, 2.75) is 57.9 Å². The van der Waals surface area contributed by atoms with Crippen molar-refractivity contribution in [2.24, 2.45) is 5.92 Å². The van der Waals surface area contributed by atoms with E-state index in [0.29, 0.717) is 12.8 Å². The van der Waals surface area contributed by atoms with Gasteiger partial charge >= 0.3 is 12.3 Å². The molecule has 0 aromatic carbocycles. The fraction of sp³-hybridized carbons (Fsp3) is 0.846. The molecule has 2 amide bonds. The Morgan fingerprint density at radius 2 is 1.67 bits per heavy atom. The maximum atomic E-state index is 12.2. The third-order valence-electron chi connectivity index (χ3n) is 3.08. The van der Waals surface area contributed by atoms with Gasteiger partial charge in [-0.15, -0.1) is 0 Å². The summed E-state index contributed by atoms with van der Waals surface area (Å²) in [5, 5.41) is 4.23. The fourth-order valence-corrected chi connectivity index (χ4v) is 1.88. The Kier molecular flexibility index (Phi) is 4.80. The van der Waals surface area contributed by atoms with Crippen LogP contribution in [0.2, 0.25) is 0 Å². The molecule has 0 aromatic heterocycles. The summed E-state index contributed by atoms with van der Waals surface area (Å²) >= 11 is 0. The fourth-order valence-electron chi connectivity index (χ4n) is 1.88. The largest absolute Gasteiger partial charge is 0.444 e. The van der Waals surface area contributed by atoms with Gasteiger partial charge in [-0.1, -0.05) is 0 Å². The molecule has 0 heterocycles. The third kappa shape index (κ3) is 5.81. The summed E-state index contributed by atoms with van der Waals surface area (Å²) in [7, 11) is 0. The van der Waals surface area contributed by atoms with Crippen LogP contribution in [0.25, 0.3) is 0 Å². The molecule has 1 aliphatic carbocycles. The number of alkyl carbamates (subject to hydrolysis) is 1. The quantitative estimate of drug-likeness (QED) is 0.837. The summed E-state index contributed by atoms with van der Waals surface area (Å²) in [6.45, 7) is 4.96. The van der Waals surface area contributed by atoms with Crippen LogP contribution in [0.5, 0.6) is 0 Å². The normalized spacial score (nSPS) is 18.6. The van der Waals surface area contributed by atoms with E-state index in [1.54, 1.807) is 20.8 Å². The molecule has 0 radical (unpaired) electrons. The first-order chi connectivity index (χ1) is 9.33. The second kappa shape index (κ2) is 5.73. The Labute approximate surface area is 121 Å². The second-order valence-corrected chi connectivity index (χ2v) is 6.40. The first-order valence-electron chi connectivity index (χ1n) is 6.70. The van der Waals surface area contributed by atoms with Crippen molar-refractivity contribution < 1.29 is 27.5 Å². The summed E-state index contributed by atoms with van der Waals surface area (Å²) in [6.07, 6.45) is -3.97. The minimum absolute atomic E-state index is 0.182. The molecule has 1 fully saturated rings. The number of ether oxygens (including phenoxy) is 1. The zero-order valence-corrected chi connectivity index (χ0v) is 12.6. The predicted molar refractivity (Wildman–Crippen MR) is 69.6 cm³/mol. The molecule has 1 aliphatic rings. The number of hydrogen-bond acceptors (Lipinski definition) is 3. The van der Waals surface area contributed by atoms with Crippen LogP contribution >= 0.6 is 0 Å². The number of carbonyl (C=O) groups excluding carboxylic acids is 2. The van der Waals surface area contributed by atoms with Gasteiger partial charge in [0, 0.05) is 0 Å². The van der Waals surface area contributed by atoms with E-state index in [-0.39, 0.29) is 5.92 Å². The SMILES string of the molecule is CC(C)(C)OC(=O)N[C@](C)(C(=O)NCC(F)(F)F)C1CC1. The van der Waals surface area contributed by atoms with Gasteiger partial charge in [-0.25, -0.2) is 4.79 Å². The van der Waals surface area contributed by atoms with Crippen LogP contribution in [0.3, 0.4) is 0 Å². The van der Waals surface area contributed by atoms with Gasteiger partial charge in [0.2, 0.25) is 5.91 Å². The smallest absolute Gasteiger partial charge is 0.408 e. The molecule has 1 saturated carbocycles. The van der Waals surface area contributed by atoms with Crippen molar-refractivity contribution in [1.29, 1.82) is 0 Å². The van der Waals surface area contributed by atoms with Gasteiger partial charge < -0.3 is 15.4 Å². The molecule has 1 atom stereocenters. The standard InChI is InChI=1S/C13H21F3N2O3/c1-11(2,3)21-10(20)18-12(4,8-5-6-8)9(19)17-7-13(14,15)16/h8H,5-7H2,1-4H3,(H,17,19)(H,18,20)/t12-/m0/s1. The molecule has 2 N–H and O–H groups in total. The van der Waals surface area contributed by atoms with E-state index in [1.165, 1.54) is 6.92 Å². The van der Waals surface area contributed by atoms with Gasteiger partial charge in [-0.05, 0) is 46.5 Å². The first-order valence-corrected chi connectivity index (χ1v) is 6.70. The minimum Gasteiger partial charge on any atom is -0.444 e. The number of nitrogens with one attached hydrogen (secondary N) is 2. The van der Waals surface area contributed by atoms with E-state index >= 15 is 0 Å². The van der Waals surface area contributed by atoms with Crippen molar-refractivity contribution in [3.8, 4) is 0 Å². The molecule has 5 nitrogen and oxygen atoms in total. The summed E-state index contributed by atoms with van der Waals surface area (Å²) in [6, 6.07) is 0. The van der Waals surface area contributed by atoms with Crippen molar-refractivity contribution >= 4 is 12.0 Å². The van der Waals surface area contributed by atoms with E-state index in [2.05, 4.69) is 5.32 Å². The highest BCUT2D eigenvalue weighted by atomic mass is 19.4. The Balaban J connectivity index is 2.70. The molecular formula is C13H21F3N2O3. The highest BCUT2D eigenvalue weighted by Gasteiger charge is 2.49. The lowest BCUT2D eigenvalue weighted by Crippen LogP contribution is -2.60. The first kappa shape index (κ1) is 17.6. The Bertz CT molecular complexity index is 414. The number of hydrogen-bond donors (Lipinski definition) is 2. The van der Waals surface area contributed by atoms with Gasteiger partial charge in [0.1, 0.15) is 17.7 Å². The van der Waals surface area contributed by atoms with Gasteiger partial charge in [0.25, 0.3) is 0 Å². The van der Waals surface area contributed by atoms with Crippen molar-refractivity contribution in [1.82, 2.24) is 10.6 Å². The molecule has 0 spiro atoms. The van der Waals surface area contributed by atoms with Crippen molar-refractivity contribution in [3.63, 3.8) is 0 Å². The molecule has 0 aliphatic heterocycles. The average molecular weight is 310 g/mol. The van der Waals surface area contributed by atoms with Crippen LogP contribution in [0.1, 0.15) is 40.5 Å². The van der Waals surface area contributed by atoms with E-state index in [1.807, 2.05) is 5.32 Å². The van der Waals surface area contributed by atoms with Crippen LogP contribution in [0.4, 0.5) is 18.0 Å². The number of halogens is 3. The lowest BCUT2D eigenvalue weighted by molar-refractivity contribution is -0.142. The molecule has 0 unspecified atom stereocenters. The highest BCUT2D eigenvalue weighted by Crippen LogP contribution is 2.40. The Morgan fingerprint density at radius 1 is 1.14 bits per heavy atom. The molecule has 8 heteroatoms. The third-order valence-corrected chi connectivity index (χ3v) is 3.08. The number of alkyl halides is 3. The number of rotatable bonds is 4. The number of amides is 2. The lowest BCUT2D eigenvalue weighted by atomic mass is 9.94. The van der Waals surface area contributed by atoms with Gasteiger partial charge in [0.15, 0.2) is 0 Å². The molecule has 1 rings (SSSR count). The van der Waals surface area contributed by atoms with Crippen LogP contribution in [-0.2, 0) is 9.53 Å². The highest BCUT2D eigenvalue weighted by molar-refractivity contribution is 5.90. The van der Waals surface area contributed by atoms with E-state index < -0.39 is 35.9 Å². The molecule has 0 saturated heterocycles. The molecular weight excluding hydrogens is 289 g/mol. The average Bonchev–Trinajstić information content (AvgIpc) is 3.05. The Morgan fingerprint density at radius 3 is 2.05 bits per heavy atom. The van der Waals surface area contributed by atoms with E-state index in [9.17, 15) is 22.8 Å². The maximum Gasteiger partial charge on any atom is 0.408 e. The summed E-state index contributed by atoms with van der Waals surface area (Å²) in [4.78, 5) is 23.8. The molecule has 0 aromatic rings. The van der Waals surface area contributed by atoms with Crippen molar-refractivity contribution in [2.75, 3.05) is 6.54 Å². The van der Waals surface area contributed by atoms with E-state index in [4.69, 9.17) is 4.74 Å². The Hall–Kier alpha value is -1.47. The van der Waals surface area contributed by atoms with Gasteiger partial charge in [0.05, 0.1) is 0 Å². The maximum absolute atomic E-state index is 12.2. The zero-order valence-electron chi connectivity index (χ0n) is 12.6. The minimum atomic E-state index is -4.49. The van der Waals surface area contributed by atoms with Crippen LogP contribution in [-0.4, -0.2) is 35.9 Å². The van der Waals surface area contributed by atoms with Gasteiger partial charge in [-0.2, -0.15) is 13.2 Å². The topological polar surface area (TPSA) is 67.4 Å². The zero-order chi connectivity index (χ0) is 16.5. The van der Waals surface area contributed by atoms with Crippen molar-refractivity contribution in [3.05, 3.63) is 0 Å². The predicted octanol–water partition coefficient (Wildman–Crippen LogP) is 2.36. The molecule has 21 heavy (non-hydrogen) atoms. The summed E-state index contributed by atoms with van der Waals surface area (Å²) in [5.74, 6) is -1.04. The van der Waals surface area contributed by atoms with Crippen LogP contribution < -0.4 is 10.6 Å². The summed E-state index contributed by atoms with van der Waals surface area (Å²) < 4.78 is 41.6. The van der Waals surface area contributed by atoms with Gasteiger partial charge in [-0.3, -0.25) is 4.79 Å². The lowest BCUT2D eigenvalue weighted by Gasteiger charge is -2.31. The number of carbonyl (C=O) groups is 2.